The molecule has 3 rings (SSSR count). The Balaban J connectivity index is 1.80. The van der Waals surface area contributed by atoms with Crippen LogP contribution in [0.15, 0.2) is 47.4 Å². The standard InChI is InChI=1S/C17H17Cl2N3O4S/c1-12-11-20(17-7-4-14(22(23)24)10-16(17)19)8-9-21(12)27(25,26)15-5-2-13(18)3-6-15/h2-7,10,12H,8-9,11H2,1H3. The lowest BCUT2D eigenvalue weighted by molar-refractivity contribution is -0.384. The summed E-state index contributed by atoms with van der Waals surface area (Å²) in [5.74, 6) is 0. The van der Waals surface area contributed by atoms with Crippen molar-refractivity contribution in [1.29, 1.82) is 0 Å². The molecular weight excluding hydrogens is 413 g/mol. The van der Waals surface area contributed by atoms with E-state index in [-0.39, 0.29) is 28.2 Å². The fourth-order valence-corrected chi connectivity index (χ4v) is 5.16. The normalized spacial score (nSPS) is 18.5. The molecule has 1 unspecified atom stereocenters. The number of nitro groups is 1. The van der Waals surface area contributed by atoms with E-state index < -0.39 is 14.9 Å². The summed E-state index contributed by atoms with van der Waals surface area (Å²) in [6.07, 6.45) is 0. The minimum Gasteiger partial charge on any atom is -0.367 e. The molecule has 10 heteroatoms. The fourth-order valence-electron chi connectivity index (χ4n) is 3.12. The second-order valence-electron chi connectivity index (χ2n) is 6.26. The van der Waals surface area contributed by atoms with Crippen LogP contribution in [0.2, 0.25) is 10.0 Å². The minimum absolute atomic E-state index is 0.0826. The van der Waals surface area contributed by atoms with Crippen molar-refractivity contribution in [3.05, 3.63) is 62.6 Å². The van der Waals surface area contributed by atoms with Gasteiger partial charge in [0, 0.05) is 42.8 Å². The number of anilines is 1. The Labute approximate surface area is 167 Å². The highest BCUT2D eigenvalue weighted by Crippen LogP contribution is 2.32. The molecule has 0 amide bonds. The van der Waals surface area contributed by atoms with E-state index in [1.165, 1.54) is 28.6 Å². The topological polar surface area (TPSA) is 83.8 Å². The van der Waals surface area contributed by atoms with Crippen molar-refractivity contribution in [3.8, 4) is 0 Å². The van der Waals surface area contributed by atoms with Crippen molar-refractivity contribution in [2.75, 3.05) is 24.5 Å². The van der Waals surface area contributed by atoms with Crippen molar-refractivity contribution >= 4 is 44.6 Å². The molecule has 0 radical (unpaired) electrons. The zero-order valence-corrected chi connectivity index (χ0v) is 16.7. The largest absolute Gasteiger partial charge is 0.367 e. The summed E-state index contributed by atoms with van der Waals surface area (Å²) in [5, 5.41) is 11.6. The van der Waals surface area contributed by atoms with Crippen molar-refractivity contribution in [3.63, 3.8) is 0 Å². The molecule has 27 heavy (non-hydrogen) atoms. The Bertz CT molecular complexity index is 967. The number of piperazine rings is 1. The van der Waals surface area contributed by atoms with E-state index in [4.69, 9.17) is 23.2 Å². The van der Waals surface area contributed by atoms with E-state index in [1.807, 2.05) is 11.8 Å². The van der Waals surface area contributed by atoms with Crippen LogP contribution in [0.4, 0.5) is 11.4 Å². The van der Waals surface area contributed by atoms with Crippen LogP contribution in [0.1, 0.15) is 6.92 Å². The van der Waals surface area contributed by atoms with Gasteiger partial charge in [0.05, 0.1) is 20.5 Å². The monoisotopic (exact) mass is 429 g/mol. The maximum atomic E-state index is 12.9. The van der Waals surface area contributed by atoms with Gasteiger partial charge in [0.15, 0.2) is 0 Å². The highest BCUT2D eigenvalue weighted by atomic mass is 35.5. The van der Waals surface area contributed by atoms with Crippen LogP contribution in [-0.4, -0.2) is 43.3 Å². The minimum atomic E-state index is -3.64. The summed E-state index contributed by atoms with van der Waals surface area (Å²) < 4.78 is 27.3. The predicted molar refractivity (Wildman–Crippen MR) is 105 cm³/mol. The number of hydrogen-bond donors (Lipinski definition) is 0. The summed E-state index contributed by atoms with van der Waals surface area (Å²) >= 11 is 12.0. The van der Waals surface area contributed by atoms with Crippen molar-refractivity contribution < 1.29 is 13.3 Å². The van der Waals surface area contributed by atoms with Gasteiger partial charge in [-0.25, -0.2) is 8.42 Å². The van der Waals surface area contributed by atoms with Gasteiger partial charge in [0.25, 0.3) is 5.69 Å². The van der Waals surface area contributed by atoms with E-state index in [9.17, 15) is 18.5 Å². The van der Waals surface area contributed by atoms with Crippen LogP contribution < -0.4 is 4.90 Å². The first-order valence-electron chi connectivity index (χ1n) is 8.16. The van der Waals surface area contributed by atoms with Gasteiger partial charge in [-0.2, -0.15) is 4.31 Å². The maximum Gasteiger partial charge on any atom is 0.271 e. The quantitative estimate of drug-likeness (QED) is 0.544. The number of nitrogens with zero attached hydrogens (tertiary/aromatic N) is 3. The highest BCUT2D eigenvalue weighted by molar-refractivity contribution is 7.89. The number of benzene rings is 2. The zero-order chi connectivity index (χ0) is 19.8. The number of sulfonamides is 1. The lowest BCUT2D eigenvalue weighted by Crippen LogP contribution is -2.54. The summed E-state index contributed by atoms with van der Waals surface area (Å²) in [4.78, 5) is 12.5. The van der Waals surface area contributed by atoms with Gasteiger partial charge in [-0.05, 0) is 37.3 Å². The predicted octanol–water partition coefficient (Wildman–Crippen LogP) is 3.80. The molecule has 0 saturated carbocycles. The average Bonchev–Trinajstić information content (AvgIpc) is 2.61. The Morgan fingerprint density at radius 3 is 2.33 bits per heavy atom. The van der Waals surface area contributed by atoms with Gasteiger partial charge in [0.2, 0.25) is 10.0 Å². The summed E-state index contributed by atoms with van der Waals surface area (Å²) in [5.41, 5.74) is 0.568. The SMILES string of the molecule is CC1CN(c2ccc([N+](=O)[O-])cc2Cl)CCN1S(=O)(=O)c1ccc(Cl)cc1. The highest BCUT2D eigenvalue weighted by Gasteiger charge is 2.34. The van der Waals surface area contributed by atoms with Gasteiger partial charge in [-0.3, -0.25) is 10.1 Å². The second-order valence-corrected chi connectivity index (χ2v) is 8.99. The van der Waals surface area contributed by atoms with E-state index >= 15 is 0 Å². The van der Waals surface area contributed by atoms with E-state index in [2.05, 4.69) is 0 Å². The molecule has 1 fully saturated rings. The number of nitro benzene ring substituents is 1. The van der Waals surface area contributed by atoms with Crippen LogP contribution in [0.3, 0.4) is 0 Å². The summed E-state index contributed by atoms with van der Waals surface area (Å²) in [7, 11) is -3.64. The Morgan fingerprint density at radius 1 is 1.11 bits per heavy atom. The molecule has 7 nitrogen and oxygen atoms in total. The molecule has 1 aliphatic heterocycles. The Kier molecular flexibility index (Phi) is 5.62. The summed E-state index contributed by atoms with van der Waals surface area (Å²) in [6, 6.07) is 10.1. The molecule has 1 aliphatic rings. The lowest BCUT2D eigenvalue weighted by Gasteiger charge is -2.40. The molecule has 0 aliphatic carbocycles. The van der Waals surface area contributed by atoms with Gasteiger partial charge in [-0.15, -0.1) is 0 Å². The summed E-state index contributed by atoms with van der Waals surface area (Å²) in [6.45, 7) is 2.94. The Morgan fingerprint density at radius 2 is 1.78 bits per heavy atom. The van der Waals surface area contributed by atoms with Crippen LogP contribution in [0.5, 0.6) is 0 Å². The lowest BCUT2D eigenvalue weighted by atomic mass is 10.2. The molecule has 0 N–H and O–H groups in total. The van der Waals surface area contributed by atoms with Crippen LogP contribution in [0.25, 0.3) is 0 Å². The molecular formula is C17H17Cl2N3O4S. The molecule has 144 valence electrons. The number of rotatable bonds is 4. The van der Waals surface area contributed by atoms with Crippen LogP contribution in [-0.2, 0) is 10.0 Å². The van der Waals surface area contributed by atoms with Crippen molar-refractivity contribution in [1.82, 2.24) is 4.31 Å². The first-order valence-corrected chi connectivity index (χ1v) is 10.4. The molecule has 2 aromatic carbocycles. The van der Waals surface area contributed by atoms with Crippen molar-refractivity contribution in [2.24, 2.45) is 0 Å². The van der Waals surface area contributed by atoms with Gasteiger partial charge in [-0.1, -0.05) is 23.2 Å². The van der Waals surface area contributed by atoms with Gasteiger partial charge >= 0.3 is 0 Å². The maximum absolute atomic E-state index is 12.9. The van der Waals surface area contributed by atoms with E-state index in [1.54, 1.807) is 18.2 Å². The molecule has 0 spiro atoms. The van der Waals surface area contributed by atoms with Gasteiger partial charge < -0.3 is 4.90 Å². The smallest absolute Gasteiger partial charge is 0.271 e. The second kappa shape index (κ2) is 7.63. The Hall–Kier alpha value is -1.87. The first kappa shape index (κ1) is 19.9. The molecule has 1 atom stereocenters. The third-order valence-electron chi connectivity index (χ3n) is 4.47. The third-order valence-corrected chi connectivity index (χ3v) is 7.05. The number of hydrogen-bond acceptors (Lipinski definition) is 5. The van der Waals surface area contributed by atoms with Crippen LogP contribution >= 0.6 is 23.2 Å². The van der Waals surface area contributed by atoms with Crippen LogP contribution in [0, 0.1) is 10.1 Å². The number of halogens is 2. The molecule has 0 aromatic heterocycles. The molecule has 1 saturated heterocycles. The van der Waals surface area contributed by atoms with Gasteiger partial charge in [0.1, 0.15) is 0 Å². The molecule has 2 aromatic rings. The first-order chi connectivity index (χ1) is 12.7. The van der Waals surface area contributed by atoms with Crippen molar-refractivity contribution in [2.45, 2.75) is 17.9 Å². The molecule has 1 heterocycles. The zero-order valence-electron chi connectivity index (χ0n) is 14.4. The third kappa shape index (κ3) is 4.03. The van der Waals surface area contributed by atoms with E-state index in [0.29, 0.717) is 23.8 Å². The van der Waals surface area contributed by atoms with E-state index in [0.717, 1.165) is 0 Å². The average molecular weight is 430 g/mol. The molecule has 0 bridgehead atoms. The fraction of sp³-hybridized carbons (Fsp3) is 0.294. The number of non-ortho nitro benzene ring substituents is 1.